The average molecular weight is 609 g/mol. The lowest BCUT2D eigenvalue weighted by atomic mass is 9.94. The molecule has 0 unspecified atom stereocenters. The van der Waals surface area contributed by atoms with Crippen LogP contribution in [0, 0.1) is 0 Å². The van der Waals surface area contributed by atoms with Crippen LogP contribution in [0.3, 0.4) is 0 Å². The number of halogens is 3. The van der Waals surface area contributed by atoms with Crippen LogP contribution in [-0.4, -0.2) is 30.8 Å². The molecule has 4 rings (SSSR count). The Bertz CT molecular complexity index is 1510. The highest BCUT2D eigenvalue weighted by Gasteiger charge is 2.52. The van der Waals surface area contributed by atoms with E-state index < -0.39 is 34.5 Å². The summed E-state index contributed by atoms with van der Waals surface area (Å²) in [5, 5.41) is 0. The van der Waals surface area contributed by atoms with Gasteiger partial charge in [-0.2, -0.15) is 13.2 Å². The zero-order valence-corrected chi connectivity index (χ0v) is 25.0. The molecule has 0 aromatic heterocycles. The maximum absolute atomic E-state index is 13.9. The SMILES string of the molecule is C=CCOC(=O)C1(c2ccc(-c3ccc(OCc4ccc(C(F)(F)F)c(OCC=C)c4C(=O)OC(C)(C)C)cc3)cc2)CC1. The number of benzene rings is 3. The van der Waals surface area contributed by atoms with Crippen molar-refractivity contribution in [2.24, 2.45) is 0 Å². The van der Waals surface area contributed by atoms with Gasteiger partial charge in [-0.15, -0.1) is 0 Å². The summed E-state index contributed by atoms with van der Waals surface area (Å²) in [4.78, 5) is 25.7. The van der Waals surface area contributed by atoms with E-state index in [9.17, 15) is 22.8 Å². The van der Waals surface area contributed by atoms with Crippen LogP contribution in [0.4, 0.5) is 13.2 Å². The smallest absolute Gasteiger partial charge is 0.419 e. The van der Waals surface area contributed by atoms with E-state index in [1.54, 1.807) is 39.0 Å². The molecule has 3 aromatic carbocycles. The van der Waals surface area contributed by atoms with Gasteiger partial charge in [-0.05, 0) is 68.5 Å². The maximum Gasteiger partial charge on any atom is 0.419 e. The minimum absolute atomic E-state index is 0.173. The van der Waals surface area contributed by atoms with Crippen molar-refractivity contribution in [3.63, 3.8) is 0 Å². The molecule has 1 aliphatic rings. The monoisotopic (exact) mass is 608 g/mol. The second-order valence-electron chi connectivity index (χ2n) is 11.4. The van der Waals surface area contributed by atoms with E-state index in [2.05, 4.69) is 13.2 Å². The van der Waals surface area contributed by atoms with Crippen molar-refractivity contribution < 1.29 is 41.7 Å². The third kappa shape index (κ3) is 7.51. The highest BCUT2D eigenvalue weighted by Crippen LogP contribution is 2.49. The van der Waals surface area contributed by atoms with Gasteiger partial charge in [-0.1, -0.05) is 67.8 Å². The van der Waals surface area contributed by atoms with E-state index in [0.717, 1.165) is 35.6 Å². The van der Waals surface area contributed by atoms with Crippen molar-refractivity contribution in [1.29, 1.82) is 0 Å². The maximum atomic E-state index is 13.9. The van der Waals surface area contributed by atoms with Gasteiger partial charge in [0.05, 0.1) is 11.0 Å². The molecular formula is C35H35F3O6. The van der Waals surface area contributed by atoms with E-state index in [1.165, 1.54) is 12.1 Å². The Balaban J connectivity index is 1.54. The number of rotatable bonds is 12. The van der Waals surface area contributed by atoms with Crippen molar-refractivity contribution in [1.82, 2.24) is 0 Å². The minimum atomic E-state index is -4.77. The van der Waals surface area contributed by atoms with Crippen LogP contribution in [0.15, 0.2) is 86.0 Å². The fourth-order valence-corrected chi connectivity index (χ4v) is 4.71. The van der Waals surface area contributed by atoms with Crippen molar-refractivity contribution >= 4 is 11.9 Å². The summed E-state index contributed by atoms with van der Waals surface area (Å²) >= 11 is 0. The van der Waals surface area contributed by atoms with E-state index in [4.69, 9.17) is 18.9 Å². The lowest BCUT2D eigenvalue weighted by Crippen LogP contribution is -2.26. The van der Waals surface area contributed by atoms with Gasteiger partial charge in [0.15, 0.2) is 0 Å². The molecule has 44 heavy (non-hydrogen) atoms. The Hall–Kier alpha value is -4.53. The molecule has 0 radical (unpaired) electrons. The third-order valence-corrected chi connectivity index (χ3v) is 6.99. The molecule has 9 heteroatoms. The van der Waals surface area contributed by atoms with Gasteiger partial charge in [-0.3, -0.25) is 4.79 Å². The van der Waals surface area contributed by atoms with Crippen LogP contribution >= 0.6 is 0 Å². The van der Waals surface area contributed by atoms with E-state index in [1.807, 2.05) is 36.4 Å². The summed E-state index contributed by atoms with van der Waals surface area (Å²) in [7, 11) is 0. The first-order valence-electron chi connectivity index (χ1n) is 14.1. The van der Waals surface area contributed by atoms with Gasteiger partial charge in [0.1, 0.15) is 42.5 Å². The molecule has 0 heterocycles. The molecule has 1 saturated carbocycles. The molecule has 0 spiro atoms. The van der Waals surface area contributed by atoms with E-state index >= 15 is 0 Å². The third-order valence-electron chi connectivity index (χ3n) is 6.99. The Morgan fingerprint density at radius 2 is 1.43 bits per heavy atom. The van der Waals surface area contributed by atoms with Crippen molar-refractivity contribution in [3.05, 3.63) is 108 Å². The molecule has 0 N–H and O–H groups in total. The number of hydrogen-bond acceptors (Lipinski definition) is 6. The van der Waals surface area contributed by atoms with Crippen molar-refractivity contribution in [2.75, 3.05) is 13.2 Å². The van der Waals surface area contributed by atoms with Crippen LogP contribution < -0.4 is 9.47 Å². The zero-order chi connectivity index (χ0) is 32.1. The van der Waals surface area contributed by atoms with Crippen LogP contribution in [0.25, 0.3) is 11.1 Å². The molecule has 3 aromatic rings. The van der Waals surface area contributed by atoms with Crippen LogP contribution in [0.5, 0.6) is 11.5 Å². The summed E-state index contributed by atoms with van der Waals surface area (Å²) in [6, 6.07) is 16.9. The fraction of sp³-hybridized carbons (Fsp3) is 0.314. The average Bonchev–Trinajstić information content (AvgIpc) is 3.78. The Morgan fingerprint density at radius 1 is 0.841 bits per heavy atom. The topological polar surface area (TPSA) is 71.1 Å². The summed E-state index contributed by atoms with van der Waals surface area (Å²) in [6.07, 6.45) is -0.450. The van der Waals surface area contributed by atoms with Gasteiger partial charge in [-0.25, -0.2) is 4.79 Å². The second-order valence-corrected chi connectivity index (χ2v) is 11.4. The first-order valence-corrected chi connectivity index (χ1v) is 14.1. The van der Waals surface area contributed by atoms with Gasteiger partial charge in [0.2, 0.25) is 0 Å². The lowest BCUT2D eigenvalue weighted by molar-refractivity contribution is -0.145. The van der Waals surface area contributed by atoms with E-state index in [0.29, 0.717) is 5.75 Å². The van der Waals surface area contributed by atoms with Crippen molar-refractivity contribution in [2.45, 2.75) is 57.4 Å². The van der Waals surface area contributed by atoms with E-state index in [-0.39, 0.29) is 36.9 Å². The number of ether oxygens (including phenoxy) is 4. The Kier molecular flexibility index (Phi) is 9.56. The molecule has 0 amide bonds. The summed E-state index contributed by atoms with van der Waals surface area (Å²) in [5.41, 5.74) is -0.0963. The highest BCUT2D eigenvalue weighted by molar-refractivity contribution is 5.95. The van der Waals surface area contributed by atoms with Crippen molar-refractivity contribution in [3.8, 4) is 22.6 Å². The predicted octanol–water partition coefficient (Wildman–Crippen LogP) is 8.23. The molecule has 1 fully saturated rings. The Labute approximate surface area is 255 Å². The number of carbonyl (C=O) groups excluding carboxylic acids is 2. The van der Waals surface area contributed by atoms with Gasteiger partial charge < -0.3 is 18.9 Å². The Morgan fingerprint density at radius 3 is 1.95 bits per heavy atom. The van der Waals surface area contributed by atoms with Crippen LogP contribution in [-0.2, 0) is 32.5 Å². The molecular weight excluding hydrogens is 573 g/mol. The minimum Gasteiger partial charge on any atom is -0.489 e. The summed E-state index contributed by atoms with van der Waals surface area (Å²) in [5.74, 6) is -1.39. The molecule has 1 aliphatic carbocycles. The number of esters is 2. The van der Waals surface area contributed by atoms with Crippen LogP contribution in [0.1, 0.15) is 60.7 Å². The number of hydrogen-bond donors (Lipinski definition) is 0. The quantitative estimate of drug-likeness (QED) is 0.152. The summed E-state index contributed by atoms with van der Waals surface area (Å²) < 4.78 is 63.6. The molecule has 0 saturated heterocycles. The summed E-state index contributed by atoms with van der Waals surface area (Å²) in [6.45, 7) is 11.7. The standard InChI is InChI=1S/C35H35F3O6/c1-6-20-41-30-28(35(36,37)38)17-12-25(29(30)31(39)44-33(3,4)5)22-43-27-15-10-24(11-16-27)23-8-13-26(14-9-23)34(18-19-34)32(40)42-21-7-2/h6-17H,1-2,18-22H2,3-5H3. The number of carbonyl (C=O) groups is 2. The molecule has 0 bridgehead atoms. The first kappa shape index (κ1) is 32.4. The largest absolute Gasteiger partial charge is 0.489 e. The van der Waals surface area contributed by atoms with Gasteiger partial charge >= 0.3 is 18.1 Å². The first-order chi connectivity index (χ1) is 20.8. The number of alkyl halides is 3. The van der Waals surface area contributed by atoms with Crippen LogP contribution in [0.2, 0.25) is 0 Å². The normalized spacial score (nSPS) is 13.9. The fourth-order valence-electron chi connectivity index (χ4n) is 4.71. The lowest BCUT2D eigenvalue weighted by Gasteiger charge is -2.24. The molecule has 6 nitrogen and oxygen atoms in total. The molecule has 232 valence electrons. The predicted molar refractivity (Wildman–Crippen MR) is 161 cm³/mol. The van der Waals surface area contributed by atoms with Gasteiger partial charge in [0.25, 0.3) is 0 Å². The zero-order valence-electron chi connectivity index (χ0n) is 25.0. The molecule has 0 atom stereocenters. The second kappa shape index (κ2) is 13.0. The van der Waals surface area contributed by atoms with Gasteiger partial charge in [0, 0.05) is 5.56 Å². The highest BCUT2D eigenvalue weighted by atomic mass is 19.4. The molecule has 0 aliphatic heterocycles.